The van der Waals surface area contributed by atoms with Gasteiger partial charge in [0.15, 0.2) is 5.82 Å². The topological polar surface area (TPSA) is 38.3 Å². The second-order valence-electron chi connectivity index (χ2n) is 6.07. The summed E-state index contributed by atoms with van der Waals surface area (Å²) in [5.41, 5.74) is 2.47. The maximum Gasteiger partial charge on any atom is 0.194 e. The van der Waals surface area contributed by atoms with Crippen LogP contribution in [0.25, 0.3) is 0 Å². The van der Waals surface area contributed by atoms with E-state index < -0.39 is 4.65 Å². The lowest BCUT2D eigenvalue weighted by molar-refractivity contribution is -0.812. The predicted molar refractivity (Wildman–Crippen MR) is 81.9 cm³/mol. The van der Waals surface area contributed by atoms with Gasteiger partial charge in [-0.25, -0.2) is 0 Å². The first-order valence-electron chi connectivity index (χ1n) is 7.44. The van der Waals surface area contributed by atoms with E-state index in [1.807, 2.05) is 0 Å². The number of hydroxylamine groups is 3. The number of benzene rings is 1. The van der Waals surface area contributed by atoms with Crippen molar-refractivity contribution in [2.45, 2.75) is 25.3 Å². The van der Waals surface area contributed by atoms with E-state index in [-0.39, 0.29) is 6.04 Å². The average Bonchev–Trinajstić information content (AvgIpc) is 2.74. The third-order valence-corrected chi connectivity index (χ3v) is 4.44. The summed E-state index contributed by atoms with van der Waals surface area (Å²) < 4.78 is -0.390. The number of anilines is 1. The lowest BCUT2D eigenvalue weighted by atomic mass is 10.0. The first kappa shape index (κ1) is 13.5. The zero-order chi connectivity index (χ0) is 14.2. The van der Waals surface area contributed by atoms with Gasteiger partial charge in [-0.1, -0.05) is 12.1 Å². The highest BCUT2D eigenvalue weighted by Crippen LogP contribution is 2.30. The molecule has 0 amide bonds. The second kappa shape index (κ2) is 5.11. The van der Waals surface area contributed by atoms with Crippen LogP contribution in [-0.2, 0) is 0 Å². The van der Waals surface area contributed by atoms with Crippen LogP contribution in [0.1, 0.15) is 30.9 Å². The number of rotatable bonds is 2. The van der Waals surface area contributed by atoms with Gasteiger partial charge in [0.05, 0.1) is 7.05 Å². The van der Waals surface area contributed by atoms with E-state index in [0.29, 0.717) is 12.4 Å². The number of likely N-dealkylation sites (N-methyl/N-ethyl adjacent to an activating group) is 1. The monoisotopic (exact) mass is 273 g/mol. The molecule has 0 spiro atoms. The Morgan fingerprint density at radius 3 is 2.70 bits per heavy atom. The van der Waals surface area contributed by atoms with Gasteiger partial charge in [0.2, 0.25) is 0 Å². The van der Waals surface area contributed by atoms with E-state index in [0.717, 1.165) is 13.1 Å². The van der Waals surface area contributed by atoms with E-state index in [1.165, 1.54) is 30.5 Å². The van der Waals surface area contributed by atoms with Crippen LogP contribution in [0.4, 0.5) is 5.69 Å². The van der Waals surface area contributed by atoms with Crippen LogP contribution in [0.5, 0.6) is 0 Å². The first-order valence-corrected chi connectivity index (χ1v) is 7.44. The Bertz CT molecular complexity index is 506. The average molecular weight is 273 g/mol. The molecule has 2 unspecified atom stereocenters. The van der Waals surface area contributed by atoms with Crippen LogP contribution >= 0.6 is 0 Å². The van der Waals surface area contributed by atoms with Crippen molar-refractivity contribution in [2.75, 3.05) is 31.6 Å². The van der Waals surface area contributed by atoms with Crippen molar-refractivity contribution in [1.82, 2.24) is 5.32 Å². The molecule has 1 aromatic carbocycles. The fraction of sp³-hybridized carbons (Fsp3) is 0.500. The van der Waals surface area contributed by atoms with Crippen LogP contribution in [0.3, 0.4) is 0 Å². The van der Waals surface area contributed by atoms with Crippen molar-refractivity contribution >= 4 is 5.69 Å². The Labute approximate surface area is 120 Å². The molecule has 2 atom stereocenters. The smallest absolute Gasteiger partial charge is 0.194 e. The van der Waals surface area contributed by atoms with E-state index in [4.69, 9.17) is 0 Å². The van der Waals surface area contributed by atoms with Gasteiger partial charge < -0.3 is 20.1 Å². The minimum absolute atomic E-state index is 0.0785. The molecule has 0 bridgehead atoms. The molecule has 4 nitrogen and oxygen atoms in total. The molecule has 2 fully saturated rings. The molecule has 2 saturated heterocycles. The molecule has 0 aliphatic carbocycles. The number of quaternary nitrogens is 1. The molecule has 1 aromatic rings. The molecule has 2 aliphatic rings. The summed E-state index contributed by atoms with van der Waals surface area (Å²) in [4.78, 5) is 2.45. The number of hydrogen-bond donors (Lipinski definition) is 1. The summed E-state index contributed by atoms with van der Waals surface area (Å²) in [5, 5.41) is 15.4. The second-order valence-corrected chi connectivity index (χ2v) is 6.07. The standard InChI is InChI=1S/C16H23N3O/c1-13-17-16(12-19(13,2)20)14-7-6-8-15(11-14)18-9-4-3-5-10-18/h6-8,11,16-17H,1,3-5,9-10,12H2,2H3. The molecule has 2 aliphatic heterocycles. The number of piperidine rings is 1. The van der Waals surface area contributed by atoms with Crippen LogP contribution < -0.4 is 10.2 Å². The van der Waals surface area contributed by atoms with Crippen molar-refractivity contribution < 1.29 is 4.65 Å². The van der Waals surface area contributed by atoms with Crippen molar-refractivity contribution in [1.29, 1.82) is 0 Å². The normalized spacial score (nSPS) is 30.4. The lowest BCUT2D eigenvalue weighted by Crippen LogP contribution is -2.32. The molecule has 1 N–H and O–H groups in total. The molecule has 0 radical (unpaired) electrons. The Morgan fingerprint density at radius 1 is 1.30 bits per heavy atom. The van der Waals surface area contributed by atoms with Gasteiger partial charge in [-0.05, 0) is 43.5 Å². The summed E-state index contributed by atoms with van der Waals surface area (Å²) in [6, 6.07) is 8.67. The van der Waals surface area contributed by atoms with Gasteiger partial charge in [0, 0.05) is 18.8 Å². The summed E-state index contributed by atoms with van der Waals surface area (Å²) >= 11 is 0. The minimum atomic E-state index is -0.390. The Kier molecular flexibility index (Phi) is 3.44. The SMILES string of the molecule is C=C1NC(c2cccc(N3CCCCC3)c2)C[N+]1(C)[O-]. The van der Waals surface area contributed by atoms with E-state index >= 15 is 0 Å². The third-order valence-electron chi connectivity index (χ3n) is 4.44. The lowest BCUT2D eigenvalue weighted by Gasteiger charge is -2.32. The Morgan fingerprint density at radius 2 is 2.05 bits per heavy atom. The van der Waals surface area contributed by atoms with E-state index in [9.17, 15) is 5.21 Å². The van der Waals surface area contributed by atoms with Crippen molar-refractivity contribution in [3.05, 3.63) is 47.4 Å². The molecule has 0 saturated carbocycles. The predicted octanol–water partition coefficient (Wildman–Crippen LogP) is 2.74. The van der Waals surface area contributed by atoms with Gasteiger partial charge in [0.25, 0.3) is 0 Å². The quantitative estimate of drug-likeness (QED) is 0.665. The number of nitrogens with zero attached hydrogens (tertiary/aromatic N) is 2. The highest BCUT2D eigenvalue weighted by molar-refractivity contribution is 5.49. The maximum atomic E-state index is 12.2. The Balaban J connectivity index is 1.79. The molecule has 20 heavy (non-hydrogen) atoms. The molecule has 3 rings (SSSR count). The fourth-order valence-electron chi connectivity index (χ4n) is 3.12. The molecule has 108 valence electrons. The van der Waals surface area contributed by atoms with Crippen molar-refractivity contribution in [2.24, 2.45) is 0 Å². The van der Waals surface area contributed by atoms with Gasteiger partial charge in [-0.2, -0.15) is 0 Å². The number of hydrogen-bond acceptors (Lipinski definition) is 3. The highest BCUT2D eigenvalue weighted by Gasteiger charge is 2.32. The van der Waals surface area contributed by atoms with Gasteiger partial charge >= 0.3 is 0 Å². The van der Waals surface area contributed by atoms with Crippen LogP contribution in [-0.4, -0.2) is 31.3 Å². The Hall–Kier alpha value is -1.52. The minimum Gasteiger partial charge on any atom is -0.626 e. The van der Waals surface area contributed by atoms with Gasteiger partial charge in [0.1, 0.15) is 12.6 Å². The summed E-state index contributed by atoms with van der Waals surface area (Å²) in [6.45, 7) is 6.63. The third kappa shape index (κ3) is 2.53. The van der Waals surface area contributed by atoms with Crippen molar-refractivity contribution in [3.8, 4) is 0 Å². The molecule has 0 aromatic heterocycles. The van der Waals surface area contributed by atoms with E-state index in [1.54, 1.807) is 7.05 Å². The van der Waals surface area contributed by atoms with E-state index in [2.05, 4.69) is 41.1 Å². The molecule has 2 heterocycles. The zero-order valence-corrected chi connectivity index (χ0v) is 12.1. The van der Waals surface area contributed by atoms with Gasteiger partial charge in [-0.3, -0.25) is 0 Å². The fourth-order valence-corrected chi connectivity index (χ4v) is 3.12. The first-order chi connectivity index (χ1) is 9.56. The van der Waals surface area contributed by atoms with Crippen LogP contribution in [0.2, 0.25) is 0 Å². The molecular weight excluding hydrogens is 250 g/mol. The van der Waals surface area contributed by atoms with Crippen molar-refractivity contribution in [3.63, 3.8) is 0 Å². The van der Waals surface area contributed by atoms with Crippen LogP contribution in [0.15, 0.2) is 36.7 Å². The summed E-state index contributed by atoms with van der Waals surface area (Å²) in [7, 11) is 1.66. The zero-order valence-electron chi connectivity index (χ0n) is 12.1. The summed E-state index contributed by atoms with van der Waals surface area (Å²) in [6.07, 6.45) is 3.89. The number of nitrogens with one attached hydrogen (secondary N) is 1. The molecule has 4 heteroatoms. The highest BCUT2D eigenvalue weighted by atomic mass is 16.5. The van der Waals surface area contributed by atoms with Gasteiger partial charge in [-0.15, -0.1) is 0 Å². The van der Waals surface area contributed by atoms with Crippen LogP contribution in [0, 0.1) is 5.21 Å². The summed E-state index contributed by atoms with van der Waals surface area (Å²) in [5.74, 6) is 0.554. The molecular formula is C16H23N3O. The largest absolute Gasteiger partial charge is 0.626 e. The maximum absolute atomic E-state index is 12.2.